The summed E-state index contributed by atoms with van der Waals surface area (Å²) in [6.45, 7) is 1.99. The zero-order valence-corrected chi connectivity index (χ0v) is 10.6. The van der Waals surface area contributed by atoms with E-state index in [2.05, 4.69) is 20.5 Å². The molecule has 0 bridgehead atoms. The summed E-state index contributed by atoms with van der Waals surface area (Å²) in [5, 5.41) is 4.14. The van der Waals surface area contributed by atoms with Gasteiger partial charge in [-0.05, 0) is 12.0 Å². The minimum Gasteiger partial charge on any atom is -0.265 e. The molecule has 5 nitrogen and oxygen atoms in total. The largest absolute Gasteiger partial charge is 0.291 e. The van der Waals surface area contributed by atoms with E-state index in [-0.39, 0.29) is 11.6 Å². The van der Waals surface area contributed by atoms with E-state index in [0.29, 0.717) is 0 Å². The van der Waals surface area contributed by atoms with E-state index in [1.807, 2.05) is 37.3 Å². The number of carbonyl (C=O) groups is 1. The summed E-state index contributed by atoms with van der Waals surface area (Å²) in [7, 11) is 0. The molecule has 0 atom stereocenters. The average molecular weight is 254 g/mol. The highest BCUT2D eigenvalue weighted by atomic mass is 16.2. The number of carbonyl (C=O) groups excluding carboxylic acids is 1. The lowest BCUT2D eigenvalue weighted by Crippen LogP contribution is -2.21. The summed E-state index contributed by atoms with van der Waals surface area (Å²) < 4.78 is 0. The molecule has 2 rings (SSSR count). The van der Waals surface area contributed by atoms with Crippen molar-refractivity contribution in [3.05, 3.63) is 60.2 Å². The Labute approximate surface area is 111 Å². The van der Waals surface area contributed by atoms with Gasteiger partial charge < -0.3 is 0 Å². The van der Waals surface area contributed by atoms with Crippen LogP contribution in [-0.4, -0.2) is 21.6 Å². The highest BCUT2D eigenvalue weighted by Crippen LogP contribution is 2.03. The molecule has 0 fully saturated rings. The topological polar surface area (TPSA) is 67.2 Å². The van der Waals surface area contributed by atoms with Crippen molar-refractivity contribution in [3.63, 3.8) is 0 Å². The standard InChI is InChI=1S/C14H14N4O/c1-2-12(11-6-4-3-5-7-11)17-18-14(19)13-10-15-8-9-16-13/h3-10H,2H2,1H3,(H,18,19)/b17-12-. The molecule has 0 unspecified atom stereocenters. The van der Waals surface area contributed by atoms with Gasteiger partial charge in [-0.15, -0.1) is 0 Å². The number of benzene rings is 1. The highest BCUT2D eigenvalue weighted by Gasteiger charge is 2.06. The molecule has 1 aromatic carbocycles. The van der Waals surface area contributed by atoms with Crippen molar-refractivity contribution in [2.75, 3.05) is 0 Å². The molecular formula is C14H14N4O. The molecule has 0 radical (unpaired) electrons. The fourth-order valence-electron chi connectivity index (χ4n) is 1.57. The molecule has 1 heterocycles. The SMILES string of the molecule is CC/C(=N/NC(=O)c1cnccn1)c1ccccc1. The predicted octanol–water partition coefficient (Wildman–Crippen LogP) is 2.02. The van der Waals surface area contributed by atoms with Gasteiger partial charge in [0, 0.05) is 12.4 Å². The van der Waals surface area contributed by atoms with Crippen molar-refractivity contribution in [1.29, 1.82) is 0 Å². The van der Waals surface area contributed by atoms with Crippen molar-refractivity contribution in [2.24, 2.45) is 5.10 Å². The number of nitrogens with zero attached hydrogens (tertiary/aromatic N) is 3. The maximum absolute atomic E-state index is 11.8. The second kappa shape index (κ2) is 6.39. The Morgan fingerprint density at radius 3 is 2.68 bits per heavy atom. The van der Waals surface area contributed by atoms with E-state index < -0.39 is 0 Å². The second-order valence-electron chi connectivity index (χ2n) is 3.81. The Hall–Kier alpha value is -2.56. The van der Waals surface area contributed by atoms with Gasteiger partial charge >= 0.3 is 0 Å². The number of rotatable bonds is 4. The Morgan fingerprint density at radius 1 is 1.26 bits per heavy atom. The molecule has 1 aromatic heterocycles. The Balaban J connectivity index is 2.11. The summed E-state index contributed by atoms with van der Waals surface area (Å²) in [5.41, 5.74) is 4.55. The fourth-order valence-corrected chi connectivity index (χ4v) is 1.57. The lowest BCUT2D eigenvalue weighted by molar-refractivity contribution is 0.0949. The van der Waals surface area contributed by atoms with Crippen molar-refractivity contribution >= 4 is 11.6 Å². The highest BCUT2D eigenvalue weighted by molar-refractivity contribution is 6.01. The number of hydrogen-bond donors (Lipinski definition) is 1. The van der Waals surface area contributed by atoms with Crippen LogP contribution < -0.4 is 5.43 Å². The first-order valence-electron chi connectivity index (χ1n) is 5.99. The van der Waals surface area contributed by atoms with Gasteiger partial charge in [0.05, 0.1) is 11.9 Å². The predicted molar refractivity (Wildman–Crippen MR) is 72.8 cm³/mol. The third-order valence-corrected chi connectivity index (χ3v) is 2.53. The van der Waals surface area contributed by atoms with Crippen molar-refractivity contribution < 1.29 is 4.79 Å². The minimum absolute atomic E-state index is 0.245. The summed E-state index contributed by atoms with van der Waals surface area (Å²) >= 11 is 0. The number of nitrogens with one attached hydrogen (secondary N) is 1. The number of hydrogen-bond acceptors (Lipinski definition) is 4. The van der Waals surface area contributed by atoms with Gasteiger partial charge in [0.1, 0.15) is 5.69 Å². The van der Waals surface area contributed by atoms with Crippen LogP contribution >= 0.6 is 0 Å². The van der Waals surface area contributed by atoms with Crippen LogP contribution in [0.3, 0.4) is 0 Å². The minimum atomic E-state index is -0.366. The van der Waals surface area contributed by atoms with Crippen LogP contribution in [-0.2, 0) is 0 Å². The van der Waals surface area contributed by atoms with Crippen molar-refractivity contribution in [1.82, 2.24) is 15.4 Å². The smallest absolute Gasteiger partial charge is 0.265 e. The van der Waals surface area contributed by atoms with Crippen LogP contribution in [0.4, 0.5) is 0 Å². The molecule has 0 saturated heterocycles. The van der Waals surface area contributed by atoms with Crippen LogP contribution in [0.1, 0.15) is 29.4 Å². The van der Waals surface area contributed by atoms with Gasteiger partial charge in [-0.3, -0.25) is 9.78 Å². The molecule has 0 aliphatic carbocycles. The molecule has 96 valence electrons. The van der Waals surface area contributed by atoms with Gasteiger partial charge in [-0.1, -0.05) is 37.3 Å². The van der Waals surface area contributed by atoms with Gasteiger partial charge in [0.25, 0.3) is 5.91 Å². The van der Waals surface area contributed by atoms with E-state index in [1.165, 1.54) is 18.6 Å². The van der Waals surface area contributed by atoms with Gasteiger partial charge in [-0.2, -0.15) is 5.10 Å². The van der Waals surface area contributed by atoms with Crippen LogP contribution in [0.25, 0.3) is 0 Å². The average Bonchev–Trinajstić information content (AvgIpc) is 2.49. The zero-order valence-electron chi connectivity index (χ0n) is 10.6. The van der Waals surface area contributed by atoms with Gasteiger partial charge in [-0.25, -0.2) is 10.4 Å². The zero-order chi connectivity index (χ0) is 13.5. The first-order valence-corrected chi connectivity index (χ1v) is 5.99. The molecule has 0 saturated carbocycles. The molecule has 1 amide bonds. The Morgan fingerprint density at radius 2 is 2.05 bits per heavy atom. The summed E-state index contributed by atoms with van der Waals surface area (Å²) in [6, 6.07) is 9.72. The Kier molecular flexibility index (Phi) is 4.34. The lowest BCUT2D eigenvalue weighted by atomic mass is 10.1. The lowest BCUT2D eigenvalue weighted by Gasteiger charge is -2.04. The number of aromatic nitrogens is 2. The second-order valence-corrected chi connectivity index (χ2v) is 3.81. The normalized spacial score (nSPS) is 11.1. The quantitative estimate of drug-likeness (QED) is 0.670. The molecule has 1 N–H and O–H groups in total. The van der Waals surface area contributed by atoms with Gasteiger partial charge in [0.15, 0.2) is 0 Å². The molecule has 19 heavy (non-hydrogen) atoms. The van der Waals surface area contributed by atoms with Crippen LogP contribution in [0.15, 0.2) is 54.0 Å². The molecule has 0 aliphatic heterocycles. The summed E-state index contributed by atoms with van der Waals surface area (Å²) in [5.74, 6) is -0.366. The summed E-state index contributed by atoms with van der Waals surface area (Å²) in [4.78, 5) is 19.5. The van der Waals surface area contributed by atoms with E-state index in [0.717, 1.165) is 17.7 Å². The fraction of sp³-hybridized carbons (Fsp3) is 0.143. The monoisotopic (exact) mass is 254 g/mol. The molecule has 5 heteroatoms. The third-order valence-electron chi connectivity index (χ3n) is 2.53. The number of hydrazone groups is 1. The molecule has 0 spiro atoms. The molecule has 0 aliphatic rings. The van der Waals surface area contributed by atoms with Crippen LogP contribution in [0.5, 0.6) is 0 Å². The van der Waals surface area contributed by atoms with E-state index >= 15 is 0 Å². The number of amides is 1. The van der Waals surface area contributed by atoms with E-state index in [1.54, 1.807) is 0 Å². The first kappa shape index (κ1) is 12.9. The van der Waals surface area contributed by atoms with Crippen molar-refractivity contribution in [2.45, 2.75) is 13.3 Å². The third kappa shape index (κ3) is 3.45. The van der Waals surface area contributed by atoms with Gasteiger partial charge in [0.2, 0.25) is 0 Å². The summed E-state index contributed by atoms with van der Waals surface area (Å²) in [6.07, 6.45) is 5.11. The van der Waals surface area contributed by atoms with Crippen LogP contribution in [0.2, 0.25) is 0 Å². The molecular weight excluding hydrogens is 240 g/mol. The van der Waals surface area contributed by atoms with Crippen molar-refractivity contribution in [3.8, 4) is 0 Å². The maximum atomic E-state index is 11.8. The van der Waals surface area contributed by atoms with Crippen LogP contribution in [0, 0.1) is 0 Å². The molecule has 2 aromatic rings. The van der Waals surface area contributed by atoms with E-state index in [4.69, 9.17) is 0 Å². The first-order chi connectivity index (χ1) is 9.31. The van der Waals surface area contributed by atoms with E-state index in [9.17, 15) is 4.79 Å². The maximum Gasteiger partial charge on any atom is 0.291 e. The Bertz CT molecular complexity index is 567.